The first-order chi connectivity index (χ1) is 18.1. The SMILES string of the molecule is O=C(O)[C@H](c1cc(F)ccc1C1CCCCC1)N1CC[C@@H](OCCCCc2ccc3c(n2)NCCC3)C1. The maximum Gasteiger partial charge on any atom is 0.325 e. The van der Waals surface area contributed by atoms with Gasteiger partial charge in [-0.3, -0.25) is 9.69 Å². The molecule has 2 N–H and O–H groups in total. The number of hydrogen-bond donors (Lipinski definition) is 2. The Morgan fingerprint density at radius 2 is 2.00 bits per heavy atom. The first kappa shape index (κ1) is 26.1. The third kappa shape index (κ3) is 6.50. The van der Waals surface area contributed by atoms with Crippen LogP contribution in [0.3, 0.4) is 0 Å². The number of aliphatic carboxylic acids is 1. The van der Waals surface area contributed by atoms with Gasteiger partial charge >= 0.3 is 5.97 Å². The maximum atomic E-state index is 14.3. The lowest BCUT2D eigenvalue weighted by atomic mass is 9.80. The Bertz CT molecular complexity index is 1070. The minimum Gasteiger partial charge on any atom is -0.480 e. The third-order valence-corrected chi connectivity index (χ3v) is 8.30. The summed E-state index contributed by atoms with van der Waals surface area (Å²) in [6.45, 7) is 2.87. The third-order valence-electron chi connectivity index (χ3n) is 8.30. The number of carboxylic acid groups (broad SMARTS) is 1. The van der Waals surface area contributed by atoms with Gasteiger partial charge in [-0.15, -0.1) is 0 Å². The van der Waals surface area contributed by atoms with Crippen LogP contribution in [0.5, 0.6) is 0 Å². The van der Waals surface area contributed by atoms with Gasteiger partial charge in [-0.05, 0) is 92.2 Å². The van der Waals surface area contributed by atoms with Crippen LogP contribution < -0.4 is 5.32 Å². The van der Waals surface area contributed by atoms with E-state index in [1.165, 1.54) is 30.5 Å². The fourth-order valence-electron chi connectivity index (χ4n) is 6.34. The number of hydrogen-bond acceptors (Lipinski definition) is 5. The molecule has 1 aromatic heterocycles. The zero-order chi connectivity index (χ0) is 25.6. The molecule has 1 saturated heterocycles. The molecule has 2 aromatic rings. The topological polar surface area (TPSA) is 74.7 Å². The van der Waals surface area contributed by atoms with Crippen molar-refractivity contribution >= 4 is 11.8 Å². The Kier molecular flexibility index (Phi) is 8.72. The van der Waals surface area contributed by atoms with Gasteiger partial charge in [-0.25, -0.2) is 9.37 Å². The number of rotatable bonds is 10. The lowest BCUT2D eigenvalue weighted by molar-refractivity contribution is -0.143. The van der Waals surface area contributed by atoms with Crippen LogP contribution >= 0.6 is 0 Å². The van der Waals surface area contributed by atoms with E-state index in [0.29, 0.717) is 31.2 Å². The summed E-state index contributed by atoms with van der Waals surface area (Å²) >= 11 is 0. The number of anilines is 1. The van der Waals surface area contributed by atoms with Crippen molar-refractivity contribution in [1.82, 2.24) is 9.88 Å². The molecule has 0 spiro atoms. The van der Waals surface area contributed by atoms with E-state index in [9.17, 15) is 14.3 Å². The minimum atomic E-state index is -0.907. The van der Waals surface area contributed by atoms with Crippen molar-refractivity contribution < 1.29 is 19.0 Å². The van der Waals surface area contributed by atoms with Gasteiger partial charge in [0.2, 0.25) is 0 Å². The van der Waals surface area contributed by atoms with Crippen molar-refractivity contribution in [2.45, 2.75) is 88.7 Å². The molecule has 0 radical (unpaired) electrons. The zero-order valence-corrected chi connectivity index (χ0v) is 21.8. The predicted molar refractivity (Wildman–Crippen MR) is 143 cm³/mol. The van der Waals surface area contributed by atoms with Crippen molar-refractivity contribution in [3.8, 4) is 0 Å². The van der Waals surface area contributed by atoms with Crippen molar-refractivity contribution in [2.75, 3.05) is 31.6 Å². The maximum absolute atomic E-state index is 14.3. The average molecular weight is 510 g/mol. The monoisotopic (exact) mass is 509 g/mol. The highest BCUT2D eigenvalue weighted by atomic mass is 19.1. The minimum absolute atomic E-state index is 0.0135. The molecule has 0 amide bonds. The summed E-state index contributed by atoms with van der Waals surface area (Å²) in [6, 6.07) is 8.28. The molecule has 7 heteroatoms. The molecule has 5 rings (SSSR count). The number of likely N-dealkylation sites (tertiary alicyclic amines) is 1. The molecule has 0 bridgehead atoms. The number of aromatic nitrogens is 1. The molecule has 1 saturated carbocycles. The number of fused-ring (bicyclic) bond motifs is 1. The van der Waals surface area contributed by atoms with E-state index in [0.717, 1.165) is 81.4 Å². The summed E-state index contributed by atoms with van der Waals surface area (Å²) in [7, 11) is 0. The van der Waals surface area contributed by atoms with Crippen molar-refractivity contribution in [3.05, 3.63) is 58.5 Å². The molecular formula is C30H40FN3O3. The van der Waals surface area contributed by atoms with Gasteiger partial charge in [0.25, 0.3) is 0 Å². The molecule has 200 valence electrons. The first-order valence-electron chi connectivity index (χ1n) is 14.2. The Balaban J connectivity index is 1.13. The second kappa shape index (κ2) is 12.4. The van der Waals surface area contributed by atoms with Gasteiger partial charge in [0.1, 0.15) is 17.7 Å². The average Bonchev–Trinajstić information content (AvgIpc) is 3.37. The lowest BCUT2D eigenvalue weighted by Gasteiger charge is -2.30. The number of carbonyl (C=O) groups is 1. The van der Waals surface area contributed by atoms with Crippen molar-refractivity contribution in [3.63, 3.8) is 0 Å². The summed E-state index contributed by atoms with van der Waals surface area (Å²) in [5.74, 6) is 0.0950. The standard InChI is InChI=1S/C30H40FN3O3/c31-23-12-14-26(21-7-2-1-3-8-21)27(19-23)28(30(35)36)34-17-15-25(20-34)37-18-5-4-10-24-13-11-22-9-6-16-32-29(22)33-24/h11-14,19,21,25,28H,1-10,15-18,20H2,(H,32,33)(H,35,36)/t25-,28+/m1/s1. The van der Waals surface area contributed by atoms with Gasteiger partial charge in [0.05, 0.1) is 6.10 Å². The Hall–Kier alpha value is -2.51. The fourth-order valence-corrected chi connectivity index (χ4v) is 6.34. The molecule has 1 aromatic carbocycles. The van der Waals surface area contributed by atoms with E-state index >= 15 is 0 Å². The van der Waals surface area contributed by atoms with Gasteiger partial charge in [0.15, 0.2) is 0 Å². The van der Waals surface area contributed by atoms with E-state index in [-0.39, 0.29) is 11.9 Å². The summed E-state index contributed by atoms with van der Waals surface area (Å²) in [5.41, 5.74) is 4.08. The molecule has 3 heterocycles. The molecule has 37 heavy (non-hydrogen) atoms. The molecule has 2 atom stereocenters. The van der Waals surface area contributed by atoms with Crippen molar-refractivity contribution in [1.29, 1.82) is 0 Å². The normalized spacial score (nSPS) is 21.4. The number of unbranched alkanes of at least 4 members (excludes halogenated alkanes) is 1. The smallest absolute Gasteiger partial charge is 0.325 e. The quantitative estimate of drug-likeness (QED) is 0.391. The van der Waals surface area contributed by atoms with Gasteiger partial charge < -0.3 is 15.2 Å². The number of aryl methyl sites for hydroxylation is 2. The molecule has 2 fully saturated rings. The molecule has 6 nitrogen and oxygen atoms in total. The summed E-state index contributed by atoms with van der Waals surface area (Å²) < 4.78 is 20.5. The molecule has 2 aliphatic heterocycles. The first-order valence-corrected chi connectivity index (χ1v) is 14.2. The molecular weight excluding hydrogens is 469 g/mol. The van der Waals surface area contributed by atoms with Crippen LogP contribution in [0.25, 0.3) is 0 Å². The Morgan fingerprint density at radius 3 is 2.84 bits per heavy atom. The summed E-state index contributed by atoms with van der Waals surface area (Å²) in [5, 5.41) is 13.6. The number of nitrogens with one attached hydrogen (secondary N) is 1. The van der Waals surface area contributed by atoms with Crippen LogP contribution in [-0.4, -0.2) is 53.3 Å². The van der Waals surface area contributed by atoms with Crippen LogP contribution in [0.4, 0.5) is 10.2 Å². The van der Waals surface area contributed by atoms with Gasteiger partial charge in [-0.2, -0.15) is 0 Å². The second-order valence-electron chi connectivity index (χ2n) is 10.9. The van der Waals surface area contributed by atoms with E-state index in [2.05, 4.69) is 17.4 Å². The van der Waals surface area contributed by atoms with Crippen LogP contribution in [0.2, 0.25) is 0 Å². The molecule has 3 aliphatic rings. The zero-order valence-electron chi connectivity index (χ0n) is 21.8. The van der Waals surface area contributed by atoms with Gasteiger partial charge in [-0.1, -0.05) is 31.4 Å². The second-order valence-corrected chi connectivity index (χ2v) is 10.9. The number of carboxylic acids is 1. The van der Waals surface area contributed by atoms with E-state index in [1.807, 2.05) is 11.0 Å². The molecule has 0 unspecified atom stereocenters. The van der Waals surface area contributed by atoms with Gasteiger partial charge in [0, 0.05) is 31.9 Å². The predicted octanol–water partition coefficient (Wildman–Crippen LogP) is 5.87. The van der Waals surface area contributed by atoms with E-state index in [1.54, 1.807) is 0 Å². The van der Waals surface area contributed by atoms with Crippen LogP contribution in [0.15, 0.2) is 30.3 Å². The van der Waals surface area contributed by atoms with Crippen molar-refractivity contribution in [2.24, 2.45) is 0 Å². The van der Waals surface area contributed by atoms with E-state index in [4.69, 9.17) is 9.72 Å². The lowest BCUT2D eigenvalue weighted by Crippen LogP contribution is -2.34. The number of benzene rings is 1. The Labute approximate surface area is 219 Å². The largest absolute Gasteiger partial charge is 0.480 e. The highest BCUT2D eigenvalue weighted by Gasteiger charge is 2.36. The number of nitrogens with zero attached hydrogens (tertiary/aromatic N) is 2. The number of ether oxygens (including phenoxy) is 1. The van der Waals surface area contributed by atoms with E-state index < -0.39 is 12.0 Å². The number of halogens is 1. The molecule has 1 aliphatic carbocycles. The number of pyridine rings is 1. The highest BCUT2D eigenvalue weighted by Crippen LogP contribution is 2.39. The summed E-state index contributed by atoms with van der Waals surface area (Å²) in [4.78, 5) is 19.2. The van der Waals surface area contributed by atoms with Crippen LogP contribution in [-0.2, 0) is 22.4 Å². The Morgan fingerprint density at radius 1 is 1.14 bits per heavy atom. The van der Waals surface area contributed by atoms with Crippen LogP contribution in [0.1, 0.15) is 92.1 Å². The fraction of sp³-hybridized carbons (Fsp3) is 0.600. The highest BCUT2D eigenvalue weighted by molar-refractivity contribution is 5.76. The summed E-state index contributed by atoms with van der Waals surface area (Å²) in [6.07, 6.45) is 11.6. The van der Waals surface area contributed by atoms with Crippen LogP contribution in [0, 0.1) is 5.82 Å².